The van der Waals surface area contributed by atoms with Gasteiger partial charge in [0.15, 0.2) is 5.52 Å². The lowest BCUT2D eigenvalue weighted by Gasteiger charge is -2.02. The van der Waals surface area contributed by atoms with E-state index in [1.807, 2.05) is 0 Å². The van der Waals surface area contributed by atoms with E-state index >= 15 is 0 Å². The molecule has 80 valence electrons. The predicted molar refractivity (Wildman–Crippen MR) is 52.2 cm³/mol. The lowest BCUT2D eigenvalue weighted by Crippen LogP contribution is -2.19. The van der Waals surface area contributed by atoms with Gasteiger partial charge < -0.3 is 14.5 Å². The second kappa shape index (κ2) is 4.09. The molecule has 0 aromatic carbocycles. The summed E-state index contributed by atoms with van der Waals surface area (Å²) in [6, 6.07) is 0. The van der Waals surface area contributed by atoms with Crippen molar-refractivity contribution in [3.05, 3.63) is 6.33 Å². The third kappa shape index (κ3) is 1.96. The zero-order chi connectivity index (χ0) is 10.7. The third-order valence-electron chi connectivity index (χ3n) is 1.85. The summed E-state index contributed by atoms with van der Waals surface area (Å²) in [4.78, 5) is 13.7. The molecule has 4 N–H and O–H groups in total. The minimum absolute atomic E-state index is 0.266. The number of H-pyrrole nitrogens is 2. The van der Waals surface area contributed by atoms with E-state index < -0.39 is 0 Å². The van der Waals surface area contributed by atoms with Crippen molar-refractivity contribution in [3.8, 4) is 5.88 Å². The number of fused-ring (bicyclic) bond motifs is 1. The molecule has 0 saturated heterocycles. The number of aromatic nitrogens is 4. The van der Waals surface area contributed by atoms with Gasteiger partial charge in [-0.05, 0) is 4.98 Å². The molecule has 2 aromatic rings. The molecular formula is C8H12N5O2+. The fourth-order valence-corrected chi connectivity index (χ4v) is 1.20. The molecule has 0 unspecified atom stereocenters. The number of nitrogens with zero attached hydrogens (tertiary/aromatic N) is 2. The van der Waals surface area contributed by atoms with E-state index in [2.05, 4.69) is 19.9 Å². The van der Waals surface area contributed by atoms with Crippen LogP contribution in [0, 0.1) is 0 Å². The van der Waals surface area contributed by atoms with Crippen molar-refractivity contribution in [1.82, 2.24) is 15.0 Å². The van der Waals surface area contributed by atoms with Gasteiger partial charge in [-0.3, -0.25) is 5.73 Å². The van der Waals surface area contributed by atoms with Crippen LogP contribution in [-0.4, -0.2) is 35.3 Å². The summed E-state index contributed by atoms with van der Waals surface area (Å²) in [5.41, 5.74) is 6.78. The van der Waals surface area contributed by atoms with E-state index in [1.54, 1.807) is 7.11 Å². The normalized spacial score (nSPS) is 10.7. The van der Waals surface area contributed by atoms with Crippen molar-refractivity contribution >= 4 is 17.1 Å². The molecular weight excluding hydrogens is 198 g/mol. The number of hydrogen-bond acceptors (Lipinski definition) is 5. The third-order valence-corrected chi connectivity index (χ3v) is 1.85. The first-order valence-corrected chi connectivity index (χ1v) is 4.45. The smallest absolute Gasteiger partial charge is 0.392 e. The van der Waals surface area contributed by atoms with Crippen LogP contribution in [0.2, 0.25) is 0 Å². The van der Waals surface area contributed by atoms with Gasteiger partial charge in [-0.25, -0.2) is 9.97 Å². The Labute approximate surface area is 85.6 Å². The highest BCUT2D eigenvalue weighted by atomic mass is 16.5. The zero-order valence-corrected chi connectivity index (χ0v) is 8.28. The number of nitrogens with two attached hydrogens (primary N) is 1. The van der Waals surface area contributed by atoms with E-state index in [1.165, 1.54) is 6.33 Å². The molecule has 0 aliphatic carbocycles. The Hall–Kier alpha value is -1.89. The Balaban J connectivity index is 2.27. The average Bonchev–Trinajstić information content (AvgIpc) is 2.65. The number of nitrogen functional groups attached to an aromatic ring is 1. The molecule has 0 aliphatic heterocycles. The first-order valence-electron chi connectivity index (χ1n) is 4.45. The lowest BCUT2D eigenvalue weighted by molar-refractivity contribution is -0.379. The van der Waals surface area contributed by atoms with E-state index in [0.29, 0.717) is 30.3 Å². The van der Waals surface area contributed by atoms with Crippen LogP contribution in [0.5, 0.6) is 5.88 Å². The number of nitrogens with one attached hydrogen (secondary N) is 2. The first-order chi connectivity index (χ1) is 7.31. The van der Waals surface area contributed by atoms with Crippen LogP contribution >= 0.6 is 0 Å². The van der Waals surface area contributed by atoms with Gasteiger partial charge in [-0.2, -0.15) is 0 Å². The van der Waals surface area contributed by atoms with Crippen molar-refractivity contribution < 1.29 is 14.5 Å². The molecule has 7 nitrogen and oxygen atoms in total. The van der Waals surface area contributed by atoms with E-state index in [4.69, 9.17) is 15.2 Å². The molecule has 2 aromatic heterocycles. The van der Waals surface area contributed by atoms with Gasteiger partial charge in [0.1, 0.15) is 6.61 Å². The number of rotatable bonds is 4. The molecule has 2 rings (SSSR count). The van der Waals surface area contributed by atoms with Crippen molar-refractivity contribution in [2.24, 2.45) is 0 Å². The molecule has 0 spiro atoms. The second-order valence-electron chi connectivity index (χ2n) is 2.89. The van der Waals surface area contributed by atoms with Crippen LogP contribution < -0.4 is 15.5 Å². The molecule has 0 radical (unpaired) electrons. The number of anilines is 1. The van der Waals surface area contributed by atoms with Crippen molar-refractivity contribution in [2.45, 2.75) is 0 Å². The second-order valence-corrected chi connectivity index (χ2v) is 2.89. The van der Waals surface area contributed by atoms with E-state index in [9.17, 15) is 0 Å². The quantitative estimate of drug-likeness (QED) is 0.655. The van der Waals surface area contributed by atoms with Gasteiger partial charge in [-0.1, -0.05) is 0 Å². The topological polar surface area (TPSA) is 100 Å². The Morgan fingerprint density at radius 3 is 3.20 bits per heavy atom. The van der Waals surface area contributed by atoms with E-state index in [-0.39, 0.29) is 5.95 Å². The molecule has 0 fully saturated rings. The average molecular weight is 210 g/mol. The fourth-order valence-electron chi connectivity index (χ4n) is 1.20. The largest absolute Gasteiger partial charge is 0.464 e. The van der Waals surface area contributed by atoms with Crippen LogP contribution in [0.25, 0.3) is 11.2 Å². The van der Waals surface area contributed by atoms with Crippen LogP contribution in [0.1, 0.15) is 0 Å². The highest BCUT2D eigenvalue weighted by Crippen LogP contribution is 2.15. The van der Waals surface area contributed by atoms with Crippen LogP contribution in [0.15, 0.2) is 6.33 Å². The molecule has 7 heteroatoms. The van der Waals surface area contributed by atoms with Crippen molar-refractivity contribution in [1.29, 1.82) is 0 Å². The highest BCUT2D eigenvalue weighted by molar-refractivity contribution is 5.74. The van der Waals surface area contributed by atoms with Gasteiger partial charge in [0.05, 0.1) is 12.9 Å². The molecule has 0 bridgehead atoms. The maximum atomic E-state index is 5.56. The summed E-state index contributed by atoms with van der Waals surface area (Å²) in [6.45, 7) is 0.941. The maximum absolute atomic E-state index is 5.56. The van der Waals surface area contributed by atoms with Gasteiger partial charge in [-0.15, -0.1) is 0 Å². The standard InChI is InChI=1S/C8H11N5O2/c1-14-2-3-15-7-5-6(11-4-10-5)12-8(9)13-7/h4H,2-3H2,1H3,(H3,9,10,11,12,13)/p+1. The van der Waals surface area contributed by atoms with Gasteiger partial charge in [0.25, 0.3) is 11.5 Å². The monoisotopic (exact) mass is 210 g/mol. The van der Waals surface area contributed by atoms with Gasteiger partial charge in [0.2, 0.25) is 0 Å². The van der Waals surface area contributed by atoms with Crippen LogP contribution in [0.3, 0.4) is 0 Å². The summed E-state index contributed by atoms with van der Waals surface area (Å²) in [6.07, 6.45) is 1.54. The van der Waals surface area contributed by atoms with Crippen LogP contribution in [0.4, 0.5) is 5.95 Å². The highest BCUT2D eigenvalue weighted by Gasteiger charge is 2.14. The summed E-state index contributed by atoms with van der Waals surface area (Å²) < 4.78 is 10.3. The molecule has 0 atom stereocenters. The maximum Gasteiger partial charge on any atom is 0.392 e. The van der Waals surface area contributed by atoms with Crippen LogP contribution in [-0.2, 0) is 4.74 Å². The van der Waals surface area contributed by atoms with E-state index in [0.717, 1.165) is 0 Å². The zero-order valence-electron chi connectivity index (χ0n) is 8.28. The number of methoxy groups -OCH3 is 1. The number of hydrogen-bond donors (Lipinski definition) is 2. The Morgan fingerprint density at radius 2 is 2.40 bits per heavy atom. The molecule has 2 heterocycles. The first kappa shape index (κ1) is 9.66. The minimum atomic E-state index is 0.266. The van der Waals surface area contributed by atoms with Gasteiger partial charge >= 0.3 is 5.95 Å². The number of ether oxygens (including phenoxy) is 2. The molecule has 0 aliphatic rings. The summed E-state index contributed by atoms with van der Waals surface area (Å²) >= 11 is 0. The summed E-state index contributed by atoms with van der Waals surface area (Å²) in [5.74, 6) is 0.786. The fraction of sp³-hybridized carbons (Fsp3) is 0.375. The Kier molecular flexibility index (Phi) is 2.64. The Bertz CT molecular complexity index is 455. The molecule has 15 heavy (non-hydrogen) atoms. The molecule has 0 saturated carbocycles. The SMILES string of the molecule is COCCOc1[nH+]c(N)nc2nc[nH]c12. The van der Waals surface area contributed by atoms with Crippen molar-refractivity contribution in [3.63, 3.8) is 0 Å². The van der Waals surface area contributed by atoms with Crippen molar-refractivity contribution in [2.75, 3.05) is 26.1 Å². The lowest BCUT2D eigenvalue weighted by atomic mass is 10.5. The minimum Gasteiger partial charge on any atom is -0.464 e. The number of aromatic amines is 2. The predicted octanol–water partition coefficient (Wildman–Crippen LogP) is -0.621. The summed E-state index contributed by atoms with van der Waals surface area (Å²) in [7, 11) is 1.61. The summed E-state index contributed by atoms with van der Waals surface area (Å²) in [5, 5.41) is 0. The Morgan fingerprint density at radius 1 is 1.53 bits per heavy atom. The van der Waals surface area contributed by atoms with Gasteiger partial charge in [0, 0.05) is 7.11 Å². The number of imidazole rings is 1. The molecule has 0 amide bonds.